The third kappa shape index (κ3) is 4.23. The Bertz CT molecular complexity index is 684. The Balaban J connectivity index is 2.07. The van der Waals surface area contributed by atoms with E-state index >= 15 is 0 Å². The molecule has 0 aliphatic carbocycles. The third-order valence-corrected chi connectivity index (χ3v) is 3.01. The van der Waals surface area contributed by atoms with E-state index in [2.05, 4.69) is 10.5 Å². The molecular formula is C16H15ClN2O3. The lowest BCUT2D eigenvalue weighted by Crippen LogP contribution is -2.17. The quantitative estimate of drug-likeness (QED) is 0.657. The van der Waals surface area contributed by atoms with Crippen LogP contribution in [0.4, 0.5) is 0 Å². The standard InChI is InChI=1S/C16H15ClN2O3/c1-2-22-15-8-5-13(17)9-12(15)10-18-19-16(21)11-3-6-14(20)7-4-11/h3-10,20H,2H2,1H3,(H,19,21)/b18-10-. The SMILES string of the molecule is CCOc1ccc(Cl)cc1/C=N\NC(=O)c1ccc(O)cc1. The van der Waals surface area contributed by atoms with Crippen LogP contribution in [0, 0.1) is 0 Å². The van der Waals surface area contributed by atoms with Gasteiger partial charge in [0.1, 0.15) is 11.5 Å². The third-order valence-electron chi connectivity index (χ3n) is 2.77. The molecule has 1 amide bonds. The summed E-state index contributed by atoms with van der Waals surface area (Å²) in [6.45, 7) is 2.39. The number of phenolic OH excluding ortho intramolecular Hbond substituents is 1. The zero-order chi connectivity index (χ0) is 15.9. The molecule has 2 aromatic rings. The van der Waals surface area contributed by atoms with Crippen molar-refractivity contribution in [3.05, 3.63) is 58.6 Å². The molecule has 0 fully saturated rings. The highest BCUT2D eigenvalue weighted by Crippen LogP contribution is 2.21. The minimum atomic E-state index is -0.378. The molecule has 2 rings (SSSR count). The summed E-state index contributed by atoms with van der Waals surface area (Å²) in [4.78, 5) is 11.9. The highest BCUT2D eigenvalue weighted by atomic mass is 35.5. The van der Waals surface area contributed by atoms with Crippen LogP contribution >= 0.6 is 11.6 Å². The summed E-state index contributed by atoms with van der Waals surface area (Å²) >= 11 is 5.94. The molecule has 114 valence electrons. The Labute approximate surface area is 133 Å². The molecule has 0 aromatic heterocycles. The second-order valence-corrected chi connectivity index (χ2v) is 4.80. The molecule has 0 radical (unpaired) electrons. The summed E-state index contributed by atoms with van der Waals surface area (Å²) in [5.41, 5.74) is 3.47. The molecule has 0 spiro atoms. The predicted octanol–water partition coefficient (Wildman–Crippen LogP) is 3.21. The molecule has 0 saturated carbocycles. The number of nitrogens with one attached hydrogen (secondary N) is 1. The molecule has 0 heterocycles. The average Bonchev–Trinajstić information content (AvgIpc) is 2.50. The van der Waals surface area contributed by atoms with Crippen molar-refractivity contribution in [2.24, 2.45) is 5.10 Å². The number of halogens is 1. The van der Waals surface area contributed by atoms with Gasteiger partial charge in [-0.05, 0) is 49.4 Å². The molecule has 2 aromatic carbocycles. The fraction of sp³-hybridized carbons (Fsp3) is 0.125. The van der Waals surface area contributed by atoms with Crippen LogP contribution in [0.3, 0.4) is 0 Å². The van der Waals surface area contributed by atoms with E-state index in [1.807, 2.05) is 6.92 Å². The van der Waals surface area contributed by atoms with Crippen molar-refractivity contribution in [2.45, 2.75) is 6.92 Å². The Morgan fingerprint density at radius 1 is 1.32 bits per heavy atom. The van der Waals surface area contributed by atoms with Crippen molar-refractivity contribution >= 4 is 23.7 Å². The number of rotatable bonds is 5. The van der Waals surface area contributed by atoms with Crippen LogP contribution in [0.5, 0.6) is 11.5 Å². The van der Waals surface area contributed by atoms with E-state index in [1.54, 1.807) is 18.2 Å². The molecule has 0 aliphatic rings. The van der Waals surface area contributed by atoms with Crippen LogP contribution in [0.2, 0.25) is 5.02 Å². The van der Waals surface area contributed by atoms with Crippen LogP contribution in [0.15, 0.2) is 47.6 Å². The molecule has 6 heteroatoms. The van der Waals surface area contributed by atoms with Gasteiger partial charge in [0.25, 0.3) is 5.91 Å². The molecule has 5 nitrogen and oxygen atoms in total. The van der Waals surface area contributed by atoms with Gasteiger partial charge in [-0.15, -0.1) is 0 Å². The molecule has 0 unspecified atom stereocenters. The van der Waals surface area contributed by atoms with Crippen molar-refractivity contribution in [1.29, 1.82) is 0 Å². The molecule has 0 saturated heterocycles. The highest BCUT2D eigenvalue weighted by Gasteiger charge is 2.05. The van der Waals surface area contributed by atoms with Crippen LogP contribution in [0.1, 0.15) is 22.8 Å². The maximum atomic E-state index is 11.9. The smallest absolute Gasteiger partial charge is 0.271 e. The average molecular weight is 319 g/mol. The summed E-state index contributed by atoms with van der Waals surface area (Å²) in [5, 5.41) is 13.6. The highest BCUT2D eigenvalue weighted by molar-refractivity contribution is 6.30. The Morgan fingerprint density at radius 2 is 2.05 bits per heavy atom. The number of carbonyl (C=O) groups excluding carboxylic acids is 1. The van der Waals surface area contributed by atoms with Crippen molar-refractivity contribution in [3.8, 4) is 11.5 Å². The van der Waals surface area contributed by atoms with Gasteiger partial charge in [0.2, 0.25) is 0 Å². The van der Waals surface area contributed by atoms with Gasteiger partial charge >= 0.3 is 0 Å². The lowest BCUT2D eigenvalue weighted by Gasteiger charge is -2.07. The van der Waals surface area contributed by atoms with Gasteiger partial charge in [0.05, 0.1) is 12.8 Å². The number of carbonyl (C=O) groups is 1. The summed E-state index contributed by atoms with van der Waals surface area (Å²) < 4.78 is 5.46. The van der Waals surface area contributed by atoms with Crippen LogP contribution in [-0.4, -0.2) is 23.8 Å². The van der Waals surface area contributed by atoms with Crippen LogP contribution < -0.4 is 10.2 Å². The summed E-state index contributed by atoms with van der Waals surface area (Å²) in [6.07, 6.45) is 1.47. The summed E-state index contributed by atoms with van der Waals surface area (Å²) in [7, 11) is 0. The summed E-state index contributed by atoms with van der Waals surface area (Å²) in [5.74, 6) is 0.353. The van der Waals surface area contributed by atoms with Gasteiger partial charge < -0.3 is 9.84 Å². The minimum absolute atomic E-state index is 0.0975. The Morgan fingerprint density at radius 3 is 2.73 bits per heavy atom. The van der Waals surface area contributed by atoms with Gasteiger partial charge in [-0.25, -0.2) is 5.43 Å². The zero-order valence-corrected chi connectivity index (χ0v) is 12.7. The van der Waals surface area contributed by atoms with E-state index in [0.717, 1.165) is 0 Å². The number of amides is 1. The monoisotopic (exact) mass is 318 g/mol. The predicted molar refractivity (Wildman–Crippen MR) is 85.8 cm³/mol. The van der Waals surface area contributed by atoms with Gasteiger partial charge in [0.15, 0.2) is 0 Å². The molecule has 22 heavy (non-hydrogen) atoms. The van der Waals surface area contributed by atoms with E-state index in [-0.39, 0.29) is 11.7 Å². The number of benzene rings is 2. The minimum Gasteiger partial charge on any atom is -0.508 e. The number of hydrogen-bond acceptors (Lipinski definition) is 4. The first-order valence-corrected chi connectivity index (χ1v) is 7.02. The van der Waals surface area contributed by atoms with Crippen LogP contribution in [0.25, 0.3) is 0 Å². The lowest BCUT2D eigenvalue weighted by atomic mass is 10.2. The number of nitrogens with zero attached hydrogens (tertiary/aromatic N) is 1. The number of hydrogen-bond donors (Lipinski definition) is 2. The molecule has 2 N–H and O–H groups in total. The van der Waals surface area contributed by atoms with E-state index in [9.17, 15) is 9.90 Å². The maximum Gasteiger partial charge on any atom is 0.271 e. The van der Waals surface area contributed by atoms with E-state index in [0.29, 0.717) is 28.5 Å². The van der Waals surface area contributed by atoms with Gasteiger partial charge in [-0.1, -0.05) is 11.6 Å². The van der Waals surface area contributed by atoms with Gasteiger partial charge in [-0.3, -0.25) is 4.79 Å². The van der Waals surface area contributed by atoms with E-state index in [4.69, 9.17) is 16.3 Å². The lowest BCUT2D eigenvalue weighted by molar-refractivity contribution is 0.0955. The molecular weight excluding hydrogens is 304 g/mol. The van der Waals surface area contributed by atoms with Crippen molar-refractivity contribution in [3.63, 3.8) is 0 Å². The largest absolute Gasteiger partial charge is 0.508 e. The second-order valence-electron chi connectivity index (χ2n) is 4.36. The number of hydrazone groups is 1. The van der Waals surface area contributed by atoms with E-state index < -0.39 is 0 Å². The normalized spacial score (nSPS) is 10.6. The first-order valence-electron chi connectivity index (χ1n) is 6.65. The summed E-state index contributed by atoms with van der Waals surface area (Å²) in [6, 6.07) is 11.0. The topological polar surface area (TPSA) is 70.9 Å². The van der Waals surface area contributed by atoms with Gasteiger partial charge in [0, 0.05) is 16.1 Å². The number of ether oxygens (including phenoxy) is 1. The Kier molecular flexibility index (Phi) is 5.38. The first-order chi connectivity index (χ1) is 10.6. The molecule has 0 aliphatic heterocycles. The van der Waals surface area contributed by atoms with E-state index in [1.165, 1.54) is 30.5 Å². The number of aromatic hydroxyl groups is 1. The fourth-order valence-corrected chi connectivity index (χ4v) is 1.93. The molecule has 0 bridgehead atoms. The zero-order valence-electron chi connectivity index (χ0n) is 11.9. The molecule has 0 atom stereocenters. The van der Waals surface area contributed by atoms with Crippen molar-refractivity contribution in [2.75, 3.05) is 6.61 Å². The fourth-order valence-electron chi connectivity index (χ4n) is 1.74. The first kappa shape index (κ1) is 15.9. The van der Waals surface area contributed by atoms with Gasteiger partial charge in [-0.2, -0.15) is 5.10 Å². The maximum absolute atomic E-state index is 11.9. The van der Waals surface area contributed by atoms with Crippen molar-refractivity contribution in [1.82, 2.24) is 5.43 Å². The van der Waals surface area contributed by atoms with Crippen molar-refractivity contribution < 1.29 is 14.6 Å². The Hall–Kier alpha value is -2.53. The number of phenols is 1. The second kappa shape index (κ2) is 7.47. The van der Waals surface area contributed by atoms with Crippen LogP contribution in [-0.2, 0) is 0 Å².